The largest absolute Gasteiger partial charge is 0.393 e. The van der Waals surface area contributed by atoms with Gasteiger partial charge in [-0.05, 0) is 53.9 Å². The fourth-order valence-electron chi connectivity index (χ4n) is 3.19. The summed E-state index contributed by atoms with van der Waals surface area (Å²) in [7, 11) is 1.58. The van der Waals surface area contributed by atoms with Gasteiger partial charge in [0.15, 0.2) is 0 Å². The minimum atomic E-state index is -0.310. The lowest BCUT2D eigenvalue weighted by atomic mass is 10.0. The maximum Gasteiger partial charge on any atom is 0.282 e. The Hall–Kier alpha value is -1.93. The van der Waals surface area contributed by atoms with Crippen LogP contribution in [0.5, 0.6) is 0 Å². The van der Waals surface area contributed by atoms with Crippen molar-refractivity contribution in [2.75, 3.05) is 23.3 Å². The third kappa shape index (κ3) is 3.91. The molecular weight excluding hydrogens is 403 g/mol. The first kappa shape index (κ1) is 18.8. The van der Waals surface area contributed by atoms with Gasteiger partial charge in [-0.25, -0.2) is 9.07 Å². The second-order valence-electron chi connectivity index (χ2n) is 6.59. The molecule has 1 aromatic heterocycles. The molecule has 26 heavy (non-hydrogen) atoms. The number of halogens is 2. The summed E-state index contributed by atoms with van der Waals surface area (Å²) < 4.78 is 15.5. The van der Waals surface area contributed by atoms with Crippen LogP contribution >= 0.6 is 15.9 Å². The summed E-state index contributed by atoms with van der Waals surface area (Å²) in [6, 6.07) is 4.50. The van der Waals surface area contributed by atoms with Gasteiger partial charge in [-0.15, -0.1) is 0 Å². The van der Waals surface area contributed by atoms with Gasteiger partial charge >= 0.3 is 0 Å². The number of benzene rings is 1. The van der Waals surface area contributed by atoms with Crippen LogP contribution in [0, 0.1) is 5.82 Å². The molecule has 1 atom stereocenters. The molecule has 1 saturated heterocycles. The van der Waals surface area contributed by atoms with Crippen molar-refractivity contribution < 1.29 is 9.50 Å². The lowest BCUT2D eigenvalue weighted by Crippen LogP contribution is -2.36. The van der Waals surface area contributed by atoms with Crippen LogP contribution in [0.3, 0.4) is 0 Å². The van der Waals surface area contributed by atoms with E-state index in [4.69, 9.17) is 0 Å². The molecule has 1 aliphatic rings. The van der Waals surface area contributed by atoms with Gasteiger partial charge in [-0.3, -0.25) is 4.79 Å². The molecule has 1 aromatic carbocycles. The number of hydrogen-bond donors (Lipinski definition) is 2. The highest BCUT2D eigenvalue weighted by Gasteiger charge is 2.22. The number of anilines is 2. The van der Waals surface area contributed by atoms with Gasteiger partial charge < -0.3 is 15.3 Å². The SMILES string of the molecule is CC(Nc1cnn(C)c(=O)c1Br)c1cc(F)ccc1N1CCC(O)CC1. The summed E-state index contributed by atoms with van der Waals surface area (Å²) in [6.07, 6.45) is 2.69. The molecule has 0 aliphatic carbocycles. The number of aryl methyl sites for hydroxylation is 1. The Kier molecular flexibility index (Phi) is 5.62. The van der Waals surface area contributed by atoms with Gasteiger partial charge in [-0.1, -0.05) is 0 Å². The fraction of sp³-hybridized carbons (Fsp3) is 0.444. The van der Waals surface area contributed by atoms with Crippen LogP contribution in [-0.2, 0) is 7.05 Å². The van der Waals surface area contributed by atoms with Gasteiger partial charge in [0, 0.05) is 31.4 Å². The molecule has 1 aliphatic heterocycles. The van der Waals surface area contributed by atoms with E-state index >= 15 is 0 Å². The van der Waals surface area contributed by atoms with Gasteiger partial charge in [-0.2, -0.15) is 5.10 Å². The molecule has 0 spiro atoms. The quantitative estimate of drug-likeness (QED) is 0.789. The predicted octanol–water partition coefficient (Wildman–Crippen LogP) is 2.82. The second kappa shape index (κ2) is 7.75. The second-order valence-corrected chi connectivity index (χ2v) is 7.38. The van der Waals surface area contributed by atoms with Crippen LogP contribution in [0.2, 0.25) is 0 Å². The highest BCUT2D eigenvalue weighted by Crippen LogP contribution is 2.32. The molecule has 1 fully saturated rings. The van der Waals surface area contributed by atoms with Crippen molar-refractivity contribution in [3.05, 3.63) is 50.6 Å². The Labute approximate surface area is 159 Å². The molecule has 2 heterocycles. The van der Waals surface area contributed by atoms with E-state index in [2.05, 4.69) is 31.2 Å². The smallest absolute Gasteiger partial charge is 0.282 e. The molecule has 0 saturated carbocycles. The van der Waals surface area contributed by atoms with E-state index < -0.39 is 0 Å². The van der Waals surface area contributed by atoms with E-state index in [1.165, 1.54) is 16.8 Å². The number of aliphatic hydroxyl groups is 1. The molecular formula is C18H22BrFN4O2. The third-order valence-corrected chi connectivity index (χ3v) is 5.48. The summed E-state index contributed by atoms with van der Waals surface area (Å²) in [5.41, 5.74) is 2.05. The number of aliphatic hydroxyl groups excluding tert-OH is 1. The Morgan fingerprint density at radius 2 is 2.08 bits per heavy atom. The van der Waals surface area contributed by atoms with Gasteiger partial charge in [0.1, 0.15) is 10.3 Å². The summed E-state index contributed by atoms with van der Waals surface area (Å²) in [6.45, 7) is 3.37. The maximum atomic E-state index is 13.9. The van der Waals surface area contributed by atoms with Crippen molar-refractivity contribution in [3.8, 4) is 0 Å². The van der Waals surface area contributed by atoms with Crippen molar-refractivity contribution in [1.82, 2.24) is 9.78 Å². The maximum absolute atomic E-state index is 13.9. The number of rotatable bonds is 4. The number of nitrogens with zero attached hydrogens (tertiary/aromatic N) is 3. The zero-order chi connectivity index (χ0) is 18.8. The molecule has 2 aromatic rings. The molecule has 8 heteroatoms. The standard InChI is InChI=1S/C18H22BrFN4O2/c1-11(22-15-10-21-23(2)18(26)17(15)19)14-9-12(20)3-4-16(14)24-7-5-13(25)6-8-24/h3-4,9-11,13,22,25H,5-8H2,1-2H3. The van der Waals surface area contributed by atoms with Crippen molar-refractivity contribution in [3.63, 3.8) is 0 Å². The first-order chi connectivity index (χ1) is 12.4. The Morgan fingerprint density at radius 1 is 1.38 bits per heavy atom. The number of piperidine rings is 1. The fourth-order valence-corrected chi connectivity index (χ4v) is 3.66. The van der Waals surface area contributed by atoms with Crippen LogP contribution in [0.25, 0.3) is 0 Å². The van der Waals surface area contributed by atoms with Crippen molar-refractivity contribution in [2.24, 2.45) is 7.05 Å². The van der Waals surface area contributed by atoms with Crippen LogP contribution in [-0.4, -0.2) is 34.1 Å². The molecule has 3 rings (SSSR count). The van der Waals surface area contributed by atoms with Crippen LogP contribution in [0.1, 0.15) is 31.4 Å². The van der Waals surface area contributed by atoms with Crippen molar-refractivity contribution in [2.45, 2.75) is 31.9 Å². The normalized spacial score (nSPS) is 16.6. The highest BCUT2D eigenvalue weighted by atomic mass is 79.9. The highest BCUT2D eigenvalue weighted by molar-refractivity contribution is 9.10. The minimum absolute atomic E-state index is 0.238. The lowest BCUT2D eigenvalue weighted by molar-refractivity contribution is 0.145. The van der Waals surface area contributed by atoms with E-state index in [9.17, 15) is 14.3 Å². The average Bonchev–Trinajstić information content (AvgIpc) is 2.63. The van der Waals surface area contributed by atoms with Gasteiger partial charge in [0.25, 0.3) is 5.56 Å². The first-order valence-electron chi connectivity index (χ1n) is 8.57. The zero-order valence-corrected chi connectivity index (χ0v) is 16.3. The Balaban J connectivity index is 1.89. The van der Waals surface area contributed by atoms with Crippen LogP contribution in [0.15, 0.2) is 33.7 Å². The van der Waals surface area contributed by atoms with Gasteiger partial charge in [0.05, 0.1) is 24.0 Å². The third-order valence-electron chi connectivity index (χ3n) is 4.71. The Morgan fingerprint density at radius 3 is 2.77 bits per heavy atom. The van der Waals surface area contributed by atoms with Crippen molar-refractivity contribution >= 4 is 27.3 Å². The first-order valence-corrected chi connectivity index (χ1v) is 9.37. The average molecular weight is 425 g/mol. The molecule has 0 bridgehead atoms. The molecule has 0 amide bonds. The van der Waals surface area contributed by atoms with Crippen molar-refractivity contribution in [1.29, 1.82) is 0 Å². The predicted molar refractivity (Wildman–Crippen MR) is 103 cm³/mol. The Bertz CT molecular complexity index is 850. The summed E-state index contributed by atoms with van der Waals surface area (Å²) in [5.74, 6) is -0.310. The lowest BCUT2D eigenvalue weighted by Gasteiger charge is -2.34. The molecule has 1 unspecified atom stereocenters. The summed E-state index contributed by atoms with van der Waals surface area (Å²) in [5, 5.41) is 17.0. The monoisotopic (exact) mass is 424 g/mol. The number of nitrogens with one attached hydrogen (secondary N) is 1. The zero-order valence-electron chi connectivity index (χ0n) is 14.7. The molecule has 140 valence electrons. The van der Waals surface area contributed by atoms with E-state index in [-0.39, 0.29) is 23.5 Å². The molecule has 6 nitrogen and oxygen atoms in total. The number of aromatic nitrogens is 2. The molecule has 0 radical (unpaired) electrons. The number of hydrogen-bond acceptors (Lipinski definition) is 5. The summed E-state index contributed by atoms with van der Waals surface area (Å²) >= 11 is 3.30. The van der Waals surface area contributed by atoms with E-state index in [0.29, 0.717) is 23.0 Å². The van der Waals surface area contributed by atoms with Crippen LogP contribution < -0.4 is 15.8 Å². The summed E-state index contributed by atoms with van der Waals surface area (Å²) in [4.78, 5) is 14.2. The van der Waals surface area contributed by atoms with E-state index in [0.717, 1.165) is 24.3 Å². The topological polar surface area (TPSA) is 70.4 Å². The van der Waals surface area contributed by atoms with E-state index in [1.807, 2.05) is 6.92 Å². The molecule has 2 N–H and O–H groups in total. The van der Waals surface area contributed by atoms with Crippen LogP contribution in [0.4, 0.5) is 15.8 Å². The van der Waals surface area contributed by atoms with E-state index in [1.54, 1.807) is 19.3 Å². The van der Waals surface area contributed by atoms with Gasteiger partial charge in [0.2, 0.25) is 0 Å². The minimum Gasteiger partial charge on any atom is -0.393 e.